The number of para-hydroxylation sites is 1. The van der Waals surface area contributed by atoms with Gasteiger partial charge in [0.25, 0.3) is 0 Å². The lowest BCUT2D eigenvalue weighted by Gasteiger charge is -2.12. The molecule has 0 aromatic heterocycles. The number of methoxy groups -OCH3 is 1. The number of hydroxylamine groups is 1. The Kier molecular flexibility index (Phi) is 5.83. The Bertz CT molecular complexity index is 519. The third-order valence-corrected chi connectivity index (χ3v) is 3.36. The number of hydrogen-bond donors (Lipinski definition) is 3. The van der Waals surface area contributed by atoms with Crippen LogP contribution in [0, 0.1) is 0 Å². The van der Waals surface area contributed by atoms with Crippen molar-refractivity contribution >= 4 is 23.0 Å². The molecule has 0 bridgehead atoms. The molecule has 0 amide bonds. The van der Waals surface area contributed by atoms with Crippen molar-refractivity contribution in [3.05, 3.63) is 35.9 Å². The molecule has 0 spiro atoms. The quantitative estimate of drug-likeness (QED) is 0.697. The fraction of sp³-hybridized carbons (Fsp3) is 0.400. The Morgan fingerprint density at radius 1 is 1.38 bits per heavy atom. The van der Waals surface area contributed by atoms with Crippen molar-refractivity contribution in [2.24, 2.45) is 0 Å². The number of nitrogens with one attached hydrogen (secondary N) is 3. The molecule has 0 unspecified atom stereocenters. The zero-order valence-corrected chi connectivity index (χ0v) is 13.1. The van der Waals surface area contributed by atoms with Crippen LogP contribution < -0.4 is 20.9 Å². The van der Waals surface area contributed by atoms with Crippen molar-refractivity contribution < 1.29 is 9.57 Å². The van der Waals surface area contributed by atoms with Gasteiger partial charge in [-0.05, 0) is 36.8 Å². The van der Waals surface area contributed by atoms with E-state index in [0.717, 1.165) is 30.0 Å². The van der Waals surface area contributed by atoms with Crippen LogP contribution in [0.5, 0.6) is 5.75 Å². The summed E-state index contributed by atoms with van der Waals surface area (Å²) in [6.07, 6.45) is 2.99. The summed E-state index contributed by atoms with van der Waals surface area (Å²) < 4.78 is 5.35. The lowest BCUT2D eigenvalue weighted by molar-refractivity contribution is 0.0541. The summed E-state index contributed by atoms with van der Waals surface area (Å²) in [5, 5.41) is 6.91. The molecular weight excluding hydrogens is 286 g/mol. The number of ether oxygens (including phenoxy) is 1. The molecule has 0 radical (unpaired) electrons. The number of rotatable bonds is 6. The molecule has 5 nitrogen and oxygen atoms in total. The van der Waals surface area contributed by atoms with E-state index < -0.39 is 0 Å². The Hall–Kier alpha value is -1.79. The monoisotopic (exact) mass is 307 g/mol. The van der Waals surface area contributed by atoms with E-state index >= 15 is 0 Å². The number of benzene rings is 1. The third-order valence-electron chi connectivity index (χ3n) is 3.07. The van der Waals surface area contributed by atoms with Crippen molar-refractivity contribution in [1.82, 2.24) is 16.1 Å². The van der Waals surface area contributed by atoms with Gasteiger partial charge in [-0.1, -0.05) is 19.1 Å². The van der Waals surface area contributed by atoms with Gasteiger partial charge in [0.2, 0.25) is 0 Å². The average molecular weight is 307 g/mol. The van der Waals surface area contributed by atoms with E-state index in [9.17, 15) is 0 Å². The van der Waals surface area contributed by atoms with E-state index in [0.29, 0.717) is 11.7 Å². The van der Waals surface area contributed by atoms with Crippen LogP contribution in [0.25, 0.3) is 5.70 Å². The standard InChI is InChI=1S/C15H21N3O2S/c1-3-8-16-15(21)17-10-11-9-13(18-20-11)12-6-4-5-7-14(12)19-2/h4-7,9,11,18H,3,8,10H2,1-2H3,(H2,16,17,21)/t11-/m0/s1. The molecule has 0 aliphatic carbocycles. The van der Waals surface area contributed by atoms with E-state index in [2.05, 4.69) is 23.0 Å². The van der Waals surface area contributed by atoms with Crippen LogP contribution in [-0.4, -0.2) is 31.4 Å². The number of thiocarbonyl (C=S) groups is 1. The van der Waals surface area contributed by atoms with Gasteiger partial charge >= 0.3 is 0 Å². The third kappa shape index (κ3) is 4.34. The van der Waals surface area contributed by atoms with Crippen LogP contribution in [0.2, 0.25) is 0 Å². The predicted octanol–water partition coefficient (Wildman–Crippen LogP) is 1.81. The van der Waals surface area contributed by atoms with Gasteiger partial charge in [-0.3, -0.25) is 10.3 Å². The van der Waals surface area contributed by atoms with Crippen LogP contribution in [-0.2, 0) is 4.84 Å². The lowest BCUT2D eigenvalue weighted by Crippen LogP contribution is -2.39. The van der Waals surface area contributed by atoms with E-state index in [1.54, 1.807) is 7.11 Å². The molecule has 21 heavy (non-hydrogen) atoms. The van der Waals surface area contributed by atoms with E-state index in [1.165, 1.54) is 0 Å². The van der Waals surface area contributed by atoms with E-state index in [4.69, 9.17) is 21.8 Å². The summed E-state index contributed by atoms with van der Waals surface area (Å²) in [6.45, 7) is 3.58. The molecule has 0 saturated heterocycles. The highest BCUT2D eigenvalue weighted by Crippen LogP contribution is 2.26. The maximum Gasteiger partial charge on any atom is 0.166 e. The molecule has 1 atom stereocenters. The van der Waals surface area contributed by atoms with Crippen molar-refractivity contribution in [1.29, 1.82) is 0 Å². The molecule has 6 heteroatoms. The van der Waals surface area contributed by atoms with Crippen molar-refractivity contribution in [2.45, 2.75) is 19.4 Å². The Labute approximate surface area is 130 Å². The molecule has 2 rings (SSSR count). The zero-order chi connectivity index (χ0) is 15.1. The van der Waals surface area contributed by atoms with Crippen molar-refractivity contribution in [3.63, 3.8) is 0 Å². The summed E-state index contributed by atoms with van der Waals surface area (Å²) in [4.78, 5) is 5.53. The van der Waals surface area contributed by atoms with Crippen LogP contribution in [0.1, 0.15) is 18.9 Å². The van der Waals surface area contributed by atoms with Gasteiger partial charge < -0.3 is 15.4 Å². The minimum absolute atomic E-state index is 0.0775. The molecule has 1 aromatic carbocycles. The van der Waals surface area contributed by atoms with E-state index in [1.807, 2.05) is 30.3 Å². The lowest BCUT2D eigenvalue weighted by atomic mass is 10.1. The molecule has 0 fully saturated rings. The molecule has 114 valence electrons. The largest absolute Gasteiger partial charge is 0.496 e. The molecular formula is C15H21N3O2S. The highest BCUT2D eigenvalue weighted by Gasteiger charge is 2.19. The summed E-state index contributed by atoms with van der Waals surface area (Å²) in [7, 11) is 1.66. The van der Waals surface area contributed by atoms with Crippen LogP contribution in [0.15, 0.2) is 30.3 Å². The minimum atomic E-state index is -0.0775. The molecule has 1 aliphatic rings. The van der Waals surface area contributed by atoms with Gasteiger partial charge in [0.15, 0.2) is 5.11 Å². The summed E-state index contributed by atoms with van der Waals surface area (Å²) in [6, 6.07) is 7.82. The van der Waals surface area contributed by atoms with Crippen LogP contribution in [0.4, 0.5) is 0 Å². The molecule has 3 N–H and O–H groups in total. The highest BCUT2D eigenvalue weighted by molar-refractivity contribution is 7.80. The first-order chi connectivity index (χ1) is 10.2. The maximum atomic E-state index is 5.53. The summed E-state index contributed by atoms with van der Waals surface area (Å²) in [5.41, 5.74) is 4.83. The zero-order valence-electron chi connectivity index (χ0n) is 12.3. The second kappa shape index (κ2) is 7.85. The Balaban J connectivity index is 1.91. The van der Waals surface area contributed by atoms with E-state index in [-0.39, 0.29) is 6.10 Å². The van der Waals surface area contributed by atoms with Gasteiger partial charge in [0.05, 0.1) is 12.8 Å². The molecule has 1 heterocycles. The van der Waals surface area contributed by atoms with Crippen molar-refractivity contribution in [3.8, 4) is 5.75 Å². The molecule has 0 saturated carbocycles. The maximum absolute atomic E-state index is 5.53. The Morgan fingerprint density at radius 2 is 2.19 bits per heavy atom. The topological polar surface area (TPSA) is 54.5 Å². The smallest absolute Gasteiger partial charge is 0.166 e. The van der Waals surface area contributed by atoms with Crippen LogP contribution >= 0.6 is 12.2 Å². The van der Waals surface area contributed by atoms with Gasteiger partial charge in [-0.25, -0.2) is 0 Å². The first-order valence-electron chi connectivity index (χ1n) is 7.03. The van der Waals surface area contributed by atoms with Gasteiger partial charge in [0.1, 0.15) is 11.9 Å². The second-order valence-corrected chi connectivity index (χ2v) is 5.08. The fourth-order valence-electron chi connectivity index (χ4n) is 2.00. The van der Waals surface area contributed by atoms with Crippen LogP contribution in [0.3, 0.4) is 0 Å². The molecule has 1 aliphatic heterocycles. The fourth-order valence-corrected chi connectivity index (χ4v) is 2.19. The first-order valence-corrected chi connectivity index (χ1v) is 7.44. The minimum Gasteiger partial charge on any atom is -0.496 e. The average Bonchev–Trinajstić information content (AvgIpc) is 2.99. The summed E-state index contributed by atoms with van der Waals surface area (Å²) >= 11 is 5.18. The van der Waals surface area contributed by atoms with Gasteiger partial charge in [-0.15, -0.1) is 0 Å². The first kappa shape index (κ1) is 15.6. The molecule has 1 aromatic rings. The van der Waals surface area contributed by atoms with Crippen molar-refractivity contribution in [2.75, 3.05) is 20.2 Å². The Morgan fingerprint density at radius 3 is 2.95 bits per heavy atom. The predicted molar refractivity (Wildman–Crippen MR) is 87.9 cm³/mol. The SMILES string of the molecule is CCCNC(=S)NC[C@@H]1C=C(c2ccccc2OC)NO1. The number of hydrogen-bond acceptors (Lipinski definition) is 4. The highest BCUT2D eigenvalue weighted by atomic mass is 32.1. The van der Waals surface area contributed by atoms with Gasteiger partial charge in [0, 0.05) is 18.7 Å². The second-order valence-electron chi connectivity index (χ2n) is 4.68. The summed E-state index contributed by atoms with van der Waals surface area (Å²) in [5.74, 6) is 0.814. The normalized spacial score (nSPS) is 16.9. The van der Waals surface area contributed by atoms with Gasteiger partial charge in [-0.2, -0.15) is 0 Å².